The van der Waals surface area contributed by atoms with E-state index >= 15 is 0 Å². The van der Waals surface area contributed by atoms with E-state index in [1.165, 1.54) is 6.08 Å². The van der Waals surface area contributed by atoms with E-state index < -0.39 is 30.5 Å². The maximum absolute atomic E-state index is 13.1. The van der Waals surface area contributed by atoms with Crippen molar-refractivity contribution in [2.75, 3.05) is 25.4 Å². The van der Waals surface area contributed by atoms with Crippen molar-refractivity contribution in [1.82, 2.24) is 15.2 Å². The molecule has 38 heavy (non-hydrogen) atoms. The summed E-state index contributed by atoms with van der Waals surface area (Å²) in [6.07, 6.45) is 4.61. The minimum Gasteiger partial charge on any atom is -0.484 e. The first-order valence-electron chi connectivity index (χ1n) is 11.8. The monoisotopic (exact) mass is 540 g/mol. The predicted octanol–water partition coefficient (Wildman–Crippen LogP) is 5.06. The summed E-state index contributed by atoms with van der Waals surface area (Å²) in [5.74, 6) is -2.66. The van der Waals surface area contributed by atoms with Gasteiger partial charge in [-0.05, 0) is 73.0 Å². The first kappa shape index (κ1) is 27.1. The van der Waals surface area contributed by atoms with E-state index in [4.69, 9.17) is 22.1 Å². The van der Waals surface area contributed by atoms with Crippen LogP contribution in [0.5, 0.6) is 5.75 Å². The average molecular weight is 541 g/mol. The first-order chi connectivity index (χ1) is 17.9. The molecule has 3 N–H and O–H groups in total. The number of aromatic nitrogens is 1. The van der Waals surface area contributed by atoms with Gasteiger partial charge in [-0.1, -0.05) is 29.8 Å². The Bertz CT molecular complexity index is 1350. The topological polar surface area (TPSA) is 97.5 Å². The Hall–Kier alpha value is -3.98. The van der Waals surface area contributed by atoms with Crippen molar-refractivity contribution in [2.45, 2.75) is 25.4 Å². The first-order valence-corrected chi connectivity index (χ1v) is 12.2. The van der Waals surface area contributed by atoms with Crippen LogP contribution in [0, 0.1) is 0 Å². The fraction of sp³-hybridized carbons (Fsp3) is 0.250. The number of rotatable bonds is 8. The molecular formula is C28H27ClF2N4O3. The second-order valence-electron chi connectivity index (χ2n) is 9.67. The van der Waals surface area contributed by atoms with Crippen LogP contribution in [0.4, 0.5) is 14.6 Å². The molecule has 1 saturated heterocycles. The molecule has 10 heteroatoms. The number of carbonyl (C=O) groups is 2. The molecule has 198 valence electrons. The summed E-state index contributed by atoms with van der Waals surface area (Å²) in [5.41, 5.74) is 7.50. The molecule has 2 aromatic carbocycles. The lowest BCUT2D eigenvalue weighted by Crippen LogP contribution is -2.58. The molecule has 1 aliphatic heterocycles. The second kappa shape index (κ2) is 10.8. The molecule has 1 aliphatic rings. The Labute approximate surface area is 224 Å². The van der Waals surface area contributed by atoms with Crippen LogP contribution in [0.3, 0.4) is 0 Å². The van der Waals surface area contributed by atoms with Gasteiger partial charge < -0.3 is 20.7 Å². The molecule has 0 unspecified atom stereocenters. The third kappa shape index (κ3) is 6.86. The van der Waals surface area contributed by atoms with Crippen molar-refractivity contribution in [1.29, 1.82) is 0 Å². The van der Waals surface area contributed by atoms with E-state index in [9.17, 15) is 18.4 Å². The van der Waals surface area contributed by atoms with Gasteiger partial charge in [0.15, 0.2) is 0 Å². The van der Waals surface area contributed by atoms with Crippen molar-refractivity contribution in [2.24, 2.45) is 0 Å². The number of likely N-dealkylation sites (tertiary alicyclic amines) is 1. The van der Waals surface area contributed by atoms with E-state index in [-0.39, 0.29) is 12.5 Å². The van der Waals surface area contributed by atoms with Gasteiger partial charge >= 0.3 is 0 Å². The minimum absolute atomic E-state index is 0.229. The van der Waals surface area contributed by atoms with E-state index in [2.05, 4.69) is 10.3 Å². The Morgan fingerprint density at radius 1 is 1.13 bits per heavy atom. The fourth-order valence-corrected chi connectivity index (χ4v) is 4.01. The molecule has 1 fully saturated rings. The van der Waals surface area contributed by atoms with Gasteiger partial charge in [0, 0.05) is 17.8 Å². The Balaban J connectivity index is 1.33. The number of nitrogens with zero attached hydrogens (tertiary/aromatic N) is 2. The van der Waals surface area contributed by atoms with Crippen molar-refractivity contribution in [3.05, 3.63) is 83.0 Å². The van der Waals surface area contributed by atoms with Gasteiger partial charge in [-0.2, -0.15) is 0 Å². The fourth-order valence-electron chi connectivity index (χ4n) is 3.79. The smallest absolute Gasteiger partial charge is 0.282 e. The summed E-state index contributed by atoms with van der Waals surface area (Å²) in [5, 5.41) is 3.18. The molecule has 0 aliphatic carbocycles. The number of hydrogen-bond donors (Lipinski definition) is 2. The van der Waals surface area contributed by atoms with E-state index in [0.29, 0.717) is 22.2 Å². The summed E-state index contributed by atoms with van der Waals surface area (Å²) in [6, 6.07) is 15.4. The summed E-state index contributed by atoms with van der Waals surface area (Å²) in [7, 11) is 0. The lowest BCUT2D eigenvalue weighted by molar-refractivity contribution is -0.117. The van der Waals surface area contributed by atoms with E-state index in [1.54, 1.807) is 60.8 Å². The van der Waals surface area contributed by atoms with Crippen LogP contribution < -0.4 is 15.8 Å². The van der Waals surface area contributed by atoms with Gasteiger partial charge in [-0.25, -0.2) is 13.8 Å². The number of amides is 2. The molecule has 2 heterocycles. The number of anilines is 1. The summed E-state index contributed by atoms with van der Waals surface area (Å²) in [6.45, 7) is 2.78. The normalized spacial score (nSPS) is 14.7. The summed E-state index contributed by atoms with van der Waals surface area (Å²) >= 11 is 6.48. The molecule has 0 bridgehead atoms. The van der Waals surface area contributed by atoms with Gasteiger partial charge in [-0.15, -0.1) is 0 Å². The second-order valence-corrected chi connectivity index (χ2v) is 10.1. The number of ether oxygens (including phenoxy) is 1. The van der Waals surface area contributed by atoms with Gasteiger partial charge in [0.25, 0.3) is 11.8 Å². The zero-order chi connectivity index (χ0) is 27.5. The lowest BCUT2D eigenvalue weighted by atomic mass is 10.0. The van der Waals surface area contributed by atoms with Crippen molar-refractivity contribution in [3.8, 4) is 16.9 Å². The number of nitrogen functional groups attached to an aromatic ring is 1. The van der Waals surface area contributed by atoms with Gasteiger partial charge in [0.1, 0.15) is 17.2 Å². The van der Waals surface area contributed by atoms with E-state index in [0.717, 1.165) is 21.6 Å². The van der Waals surface area contributed by atoms with Crippen LogP contribution in [0.25, 0.3) is 17.2 Å². The van der Waals surface area contributed by atoms with Crippen LogP contribution >= 0.6 is 11.6 Å². The highest BCUT2D eigenvalue weighted by Crippen LogP contribution is 2.33. The summed E-state index contributed by atoms with van der Waals surface area (Å²) < 4.78 is 32.2. The van der Waals surface area contributed by atoms with Crippen molar-refractivity contribution >= 4 is 35.3 Å². The van der Waals surface area contributed by atoms with Gasteiger partial charge in [0.2, 0.25) is 5.91 Å². The number of pyridine rings is 1. The molecule has 0 atom stereocenters. The quantitative estimate of drug-likeness (QED) is 0.389. The molecule has 7 nitrogen and oxygen atoms in total. The highest BCUT2D eigenvalue weighted by Gasteiger charge is 2.46. The number of nitrogens with two attached hydrogens (primary N) is 1. The third-order valence-electron chi connectivity index (χ3n) is 5.84. The Kier molecular flexibility index (Phi) is 7.68. The number of halogens is 3. The zero-order valence-corrected chi connectivity index (χ0v) is 21.6. The molecule has 2 amide bonds. The van der Waals surface area contributed by atoms with Crippen LogP contribution in [-0.4, -0.2) is 52.9 Å². The Morgan fingerprint density at radius 3 is 2.42 bits per heavy atom. The van der Waals surface area contributed by atoms with Crippen molar-refractivity contribution in [3.63, 3.8) is 0 Å². The van der Waals surface area contributed by atoms with Gasteiger partial charge in [0.05, 0.1) is 24.7 Å². The minimum atomic E-state index is -2.80. The number of carbonyl (C=O) groups excluding carboxylic acids is 2. The SMILES string of the molecule is CC(C)(CNC(=O)/C=C/c1ccc(N)nc1)Oc1ccc(-c2ccc(C(=O)N3CC(F)(F)C3)cc2)cc1Cl. The Morgan fingerprint density at radius 2 is 1.82 bits per heavy atom. The third-order valence-corrected chi connectivity index (χ3v) is 6.14. The van der Waals surface area contributed by atoms with Gasteiger partial charge in [-0.3, -0.25) is 9.59 Å². The average Bonchev–Trinajstić information content (AvgIpc) is 2.86. The lowest BCUT2D eigenvalue weighted by Gasteiger charge is -2.38. The number of benzene rings is 2. The predicted molar refractivity (Wildman–Crippen MR) is 143 cm³/mol. The molecule has 1 aromatic heterocycles. The number of hydrogen-bond acceptors (Lipinski definition) is 5. The van der Waals surface area contributed by atoms with E-state index in [1.807, 2.05) is 19.9 Å². The van der Waals surface area contributed by atoms with Crippen LogP contribution in [0.15, 0.2) is 66.9 Å². The van der Waals surface area contributed by atoms with Crippen LogP contribution in [-0.2, 0) is 4.79 Å². The maximum atomic E-state index is 13.1. The largest absolute Gasteiger partial charge is 0.484 e. The molecule has 4 rings (SSSR count). The van der Waals surface area contributed by atoms with Crippen LogP contribution in [0.1, 0.15) is 29.8 Å². The van der Waals surface area contributed by atoms with Crippen molar-refractivity contribution < 1.29 is 23.1 Å². The molecule has 0 radical (unpaired) electrons. The highest BCUT2D eigenvalue weighted by atomic mass is 35.5. The number of alkyl halides is 2. The maximum Gasteiger partial charge on any atom is 0.282 e. The molecule has 3 aromatic rings. The molecule has 0 saturated carbocycles. The van der Waals surface area contributed by atoms with Crippen LogP contribution in [0.2, 0.25) is 5.02 Å². The highest BCUT2D eigenvalue weighted by molar-refractivity contribution is 6.32. The standard InChI is InChI=1S/C28H27ClF2N4O3/c1-27(2,15-34-25(36)12-4-18-3-11-24(32)33-14-18)38-23-10-9-21(13-22(23)29)19-5-7-20(8-6-19)26(37)35-16-28(30,31)17-35/h3-14H,15-17H2,1-2H3,(H2,32,33)(H,34,36)/b12-4+. The molecular weight excluding hydrogens is 514 g/mol. The molecule has 0 spiro atoms. The zero-order valence-electron chi connectivity index (χ0n) is 20.9. The summed E-state index contributed by atoms with van der Waals surface area (Å²) in [4.78, 5) is 29.6. The number of nitrogens with one attached hydrogen (secondary N) is 1.